The van der Waals surface area contributed by atoms with E-state index in [0.29, 0.717) is 18.7 Å². The molecule has 1 aliphatic carbocycles. The lowest BCUT2D eigenvalue weighted by molar-refractivity contribution is -0.119. The van der Waals surface area contributed by atoms with Gasteiger partial charge in [0.2, 0.25) is 5.91 Å². The van der Waals surface area contributed by atoms with E-state index in [-0.39, 0.29) is 17.0 Å². The van der Waals surface area contributed by atoms with Crippen LogP contribution >= 0.6 is 0 Å². The van der Waals surface area contributed by atoms with Crippen LogP contribution in [0.25, 0.3) is 0 Å². The van der Waals surface area contributed by atoms with E-state index in [1.54, 1.807) is 18.2 Å². The van der Waals surface area contributed by atoms with Crippen LogP contribution in [0.5, 0.6) is 0 Å². The number of hydrogen-bond acceptors (Lipinski definition) is 3. The zero-order valence-electron chi connectivity index (χ0n) is 13.6. The molecule has 1 saturated carbocycles. The number of carbonyl (C=O) groups is 1. The van der Waals surface area contributed by atoms with Gasteiger partial charge in [-0.15, -0.1) is 0 Å². The van der Waals surface area contributed by atoms with Gasteiger partial charge in [-0.1, -0.05) is 31.4 Å². The Kier molecular flexibility index (Phi) is 6.10. The average molecular weight is 343 g/mol. The molecule has 0 aliphatic heterocycles. The molecule has 0 atom stereocenters. The number of hydrogen-bond donors (Lipinski definition) is 3. The topological polar surface area (TPSA) is 67.2 Å². The molecule has 1 aromatic carbocycles. The van der Waals surface area contributed by atoms with Crippen molar-refractivity contribution in [2.75, 3.05) is 23.7 Å². The number of nitrogens with one attached hydrogen (secondary N) is 2. The Hall–Kier alpha value is -1.76. The first kappa shape index (κ1) is 18.6. The van der Waals surface area contributed by atoms with Crippen molar-refractivity contribution >= 4 is 17.3 Å². The fraction of sp³-hybridized carbons (Fsp3) is 0.588. The van der Waals surface area contributed by atoms with Gasteiger partial charge in [-0.3, -0.25) is 4.79 Å². The Labute approximate surface area is 140 Å². The van der Waals surface area contributed by atoms with Crippen molar-refractivity contribution in [3.8, 4) is 0 Å². The summed E-state index contributed by atoms with van der Waals surface area (Å²) in [6, 6.07) is 6.40. The lowest BCUT2D eigenvalue weighted by Crippen LogP contribution is -2.36. The van der Waals surface area contributed by atoms with Crippen LogP contribution in [0.4, 0.5) is 24.5 Å². The van der Waals surface area contributed by atoms with Crippen molar-refractivity contribution in [1.82, 2.24) is 0 Å². The number of benzene rings is 1. The van der Waals surface area contributed by atoms with Crippen LogP contribution in [-0.4, -0.2) is 25.2 Å². The van der Waals surface area contributed by atoms with Crippen LogP contribution < -0.4 is 16.4 Å². The summed E-state index contributed by atoms with van der Waals surface area (Å²) in [6.07, 6.45) is 1.12. The molecule has 0 unspecified atom stereocenters. The third-order valence-corrected chi connectivity index (χ3v) is 4.56. The highest BCUT2D eigenvalue weighted by Crippen LogP contribution is 2.38. The molecule has 0 bridgehead atoms. The van der Waals surface area contributed by atoms with Gasteiger partial charge >= 0.3 is 6.18 Å². The number of rotatable bonds is 6. The van der Waals surface area contributed by atoms with Crippen LogP contribution in [0.1, 0.15) is 38.5 Å². The molecule has 24 heavy (non-hydrogen) atoms. The van der Waals surface area contributed by atoms with Crippen molar-refractivity contribution in [3.05, 3.63) is 24.3 Å². The fourth-order valence-corrected chi connectivity index (χ4v) is 3.23. The molecule has 1 aliphatic rings. The lowest BCUT2D eigenvalue weighted by atomic mass is 9.71. The Balaban J connectivity index is 2.00. The van der Waals surface area contributed by atoms with Crippen molar-refractivity contribution < 1.29 is 18.0 Å². The minimum Gasteiger partial charge on any atom is -0.375 e. The summed E-state index contributed by atoms with van der Waals surface area (Å²) in [7, 11) is 0. The number of nitrogens with two attached hydrogens (primary N) is 1. The molecule has 0 heterocycles. The van der Waals surface area contributed by atoms with E-state index in [9.17, 15) is 18.0 Å². The molecule has 0 aromatic heterocycles. The first-order valence-electron chi connectivity index (χ1n) is 8.23. The summed E-state index contributed by atoms with van der Waals surface area (Å²) >= 11 is 0. The Morgan fingerprint density at radius 1 is 1.12 bits per heavy atom. The second-order valence-electron chi connectivity index (χ2n) is 6.50. The molecule has 0 spiro atoms. The van der Waals surface area contributed by atoms with Gasteiger partial charge in [-0.25, -0.2) is 0 Å². The minimum absolute atomic E-state index is 0.184. The van der Waals surface area contributed by atoms with E-state index in [2.05, 4.69) is 10.6 Å². The summed E-state index contributed by atoms with van der Waals surface area (Å²) in [5.41, 5.74) is 6.32. The van der Waals surface area contributed by atoms with Crippen molar-refractivity contribution in [2.24, 2.45) is 11.1 Å². The minimum atomic E-state index is -4.32. The van der Waals surface area contributed by atoms with Crippen LogP contribution in [0.15, 0.2) is 24.3 Å². The van der Waals surface area contributed by atoms with E-state index in [0.717, 1.165) is 32.1 Å². The van der Waals surface area contributed by atoms with Gasteiger partial charge in [-0.05, 0) is 36.9 Å². The molecule has 7 heteroatoms. The number of para-hydroxylation sites is 2. The number of anilines is 2. The number of halogens is 3. The zero-order valence-corrected chi connectivity index (χ0v) is 13.6. The average Bonchev–Trinajstić information content (AvgIpc) is 2.54. The molecule has 0 radical (unpaired) electrons. The van der Waals surface area contributed by atoms with Gasteiger partial charge < -0.3 is 16.4 Å². The first-order chi connectivity index (χ1) is 11.3. The largest absolute Gasteiger partial charge is 0.405 e. The molecule has 2 rings (SSSR count). The maximum atomic E-state index is 12.4. The van der Waals surface area contributed by atoms with Crippen LogP contribution in [0.2, 0.25) is 0 Å². The molecule has 4 N–H and O–H groups in total. The second kappa shape index (κ2) is 7.88. The summed E-state index contributed by atoms with van der Waals surface area (Å²) in [5, 5.41) is 5.05. The molecule has 0 saturated heterocycles. The zero-order chi connectivity index (χ0) is 17.6. The SMILES string of the molecule is NCC1(CC(=O)Nc2ccccc2NCC(F)(F)F)CCCCC1. The predicted molar refractivity (Wildman–Crippen MR) is 88.8 cm³/mol. The molecular weight excluding hydrogens is 319 g/mol. The van der Waals surface area contributed by atoms with E-state index in [1.807, 2.05) is 0 Å². The van der Waals surface area contributed by atoms with Gasteiger partial charge in [-0.2, -0.15) is 13.2 Å². The third-order valence-electron chi connectivity index (χ3n) is 4.56. The lowest BCUT2D eigenvalue weighted by Gasteiger charge is -2.35. The molecular formula is C17H24F3N3O. The highest BCUT2D eigenvalue weighted by molar-refractivity contribution is 5.94. The fourth-order valence-electron chi connectivity index (χ4n) is 3.23. The molecule has 4 nitrogen and oxygen atoms in total. The highest BCUT2D eigenvalue weighted by atomic mass is 19.4. The monoisotopic (exact) mass is 343 g/mol. The Bertz CT molecular complexity index is 554. The van der Waals surface area contributed by atoms with Crippen molar-refractivity contribution in [3.63, 3.8) is 0 Å². The molecule has 1 amide bonds. The van der Waals surface area contributed by atoms with Crippen molar-refractivity contribution in [2.45, 2.75) is 44.7 Å². The van der Waals surface area contributed by atoms with E-state index < -0.39 is 12.7 Å². The Morgan fingerprint density at radius 2 is 1.75 bits per heavy atom. The van der Waals surface area contributed by atoms with Gasteiger partial charge in [0.25, 0.3) is 0 Å². The van der Waals surface area contributed by atoms with E-state index in [4.69, 9.17) is 5.73 Å². The third kappa shape index (κ3) is 5.40. The quantitative estimate of drug-likeness (QED) is 0.734. The summed E-state index contributed by atoms with van der Waals surface area (Å²) < 4.78 is 37.1. The van der Waals surface area contributed by atoms with E-state index >= 15 is 0 Å². The summed E-state index contributed by atoms with van der Waals surface area (Å²) in [6.45, 7) is -0.693. The number of amides is 1. The second-order valence-corrected chi connectivity index (χ2v) is 6.50. The maximum absolute atomic E-state index is 12.4. The molecule has 134 valence electrons. The van der Waals surface area contributed by atoms with Crippen LogP contribution in [-0.2, 0) is 4.79 Å². The van der Waals surface area contributed by atoms with Gasteiger partial charge in [0.05, 0.1) is 11.4 Å². The molecule has 1 aromatic rings. The standard InChI is InChI=1S/C17H24F3N3O/c18-17(19,20)12-22-13-6-2-3-7-14(13)23-15(24)10-16(11-21)8-4-1-5-9-16/h2-3,6-7,22H,1,4-5,8-12,21H2,(H,23,24). The number of carbonyl (C=O) groups excluding carboxylic acids is 1. The summed E-state index contributed by atoms with van der Waals surface area (Å²) in [4.78, 5) is 12.4. The van der Waals surface area contributed by atoms with Gasteiger partial charge in [0.15, 0.2) is 0 Å². The highest BCUT2D eigenvalue weighted by Gasteiger charge is 2.33. The first-order valence-corrected chi connectivity index (χ1v) is 8.23. The van der Waals surface area contributed by atoms with Crippen molar-refractivity contribution in [1.29, 1.82) is 0 Å². The predicted octanol–water partition coefficient (Wildman–Crippen LogP) is 3.90. The maximum Gasteiger partial charge on any atom is 0.405 e. The molecule has 1 fully saturated rings. The van der Waals surface area contributed by atoms with Gasteiger partial charge in [0, 0.05) is 6.42 Å². The Morgan fingerprint density at radius 3 is 2.33 bits per heavy atom. The van der Waals surface area contributed by atoms with E-state index in [1.165, 1.54) is 6.07 Å². The van der Waals surface area contributed by atoms with Crippen LogP contribution in [0, 0.1) is 5.41 Å². The smallest absolute Gasteiger partial charge is 0.375 e. The number of alkyl halides is 3. The normalized spacial score (nSPS) is 17.3. The van der Waals surface area contributed by atoms with Crippen LogP contribution in [0.3, 0.4) is 0 Å². The summed E-state index contributed by atoms with van der Waals surface area (Å²) in [5.74, 6) is -0.205. The van der Waals surface area contributed by atoms with Gasteiger partial charge in [0.1, 0.15) is 6.54 Å².